The van der Waals surface area contributed by atoms with Gasteiger partial charge in [0, 0.05) is 5.92 Å². The largest absolute Gasteiger partial charge is 0.432 e. The summed E-state index contributed by atoms with van der Waals surface area (Å²) in [7, 11) is 0. The minimum absolute atomic E-state index is 0.192. The highest BCUT2D eigenvalue weighted by atomic mass is 16.8. The summed E-state index contributed by atoms with van der Waals surface area (Å²) in [5.74, 6) is -0.474. The molecule has 28 atom stereocenters. The van der Waals surface area contributed by atoms with Gasteiger partial charge in [-0.25, -0.2) is 0 Å². The Kier molecular flexibility index (Phi) is 15.9. The molecule has 74 heavy (non-hydrogen) atoms. The number of esters is 1. The van der Waals surface area contributed by atoms with Crippen LogP contribution in [-0.2, 0) is 42.7 Å². The lowest BCUT2D eigenvalue weighted by atomic mass is 9.34. The second-order valence-electron chi connectivity index (χ2n) is 24.6. The van der Waals surface area contributed by atoms with Crippen LogP contribution in [0, 0.1) is 44.8 Å². The molecule has 0 aromatic heterocycles. The second-order valence-corrected chi connectivity index (χ2v) is 24.6. The third-order valence-electron chi connectivity index (χ3n) is 20.3. The Morgan fingerprint density at radius 3 is 2.04 bits per heavy atom. The Hall–Kier alpha value is -1.85. The summed E-state index contributed by atoms with van der Waals surface area (Å²) in [4.78, 5) is 14.9. The van der Waals surface area contributed by atoms with Crippen LogP contribution in [-0.4, -0.2) is 221 Å². The van der Waals surface area contributed by atoms with E-state index in [0.717, 1.165) is 24.8 Å². The molecule has 7 fully saturated rings. The van der Waals surface area contributed by atoms with E-state index in [-0.39, 0.29) is 34.0 Å². The normalized spacial score (nSPS) is 54.3. The third kappa shape index (κ3) is 9.09. The molecule has 22 nitrogen and oxygen atoms in total. The number of ether oxygens (including phenoxy) is 8. The minimum Gasteiger partial charge on any atom is -0.432 e. The van der Waals surface area contributed by atoms with Gasteiger partial charge in [0.2, 0.25) is 6.29 Å². The van der Waals surface area contributed by atoms with E-state index in [9.17, 15) is 71.2 Å². The highest BCUT2D eigenvalue weighted by molar-refractivity contribution is 5.79. The maximum Gasteiger partial charge on any atom is 0.315 e. The maximum atomic E-state index is 14.9. The highest BCUT2D eigenvalue weighted by Gasteiger charge is 2.70. The highest BCUT2D eigenvalue weighted by Crippen LogP contribution is 2.75. The number of aliphatic hydroxyl groups is 13. The quantitative estimate of drug-likeness (QED) is 0.0842. The van der Waals surface area contributed by atoms with Crippen LogP contribution in [0.4, 0.5) is 0 Å². The number of hydrogen-bond acceptors (Lipinski definition) is 22. The molecule has 4 heterocycles. The van der Waals surface area contributed by atoms with Crippen molar-refractivity contribution in [1.82, 2.24) is 0 Å². The lowest BCUT2D eigenvalue weighted by Gasteiger charge is -2.71. The van der Waals surface area contributed by atoms with E-state index < -0.39 is 166 Å². The van der Waals surface area contributed by atoms with Gasteiger partial charge in [-0.3, -0.25) is 4.79 Å². The minimum atomic E-state index is -1.93. The van der Waals surface area contributed by atoms with E-state index in [4.69, 9.17) is 37.9 Å². The number of hydrogen-bond donors (Lipinski definition) is 13. The average molecular weight is 1060 g/mol. The molecule has 0 spiro atoms. The van der Waals surface area contributed by atoms with Crippen molar-refractivity contribution in [3.8, 4) is 0 Å². The lowest BCUT2D eigenvalue weighted by Crippen LogP contribution is -2.67. The Labute approximate surface area is 430 Å². The smallest absolute Gasteiger partial charge is 0.315 e. The van der Waals surface area contributed by atoms with Gasteiger partial charge in [-0.05, 0) is 98.7 Å². The molecule has 5 aliphatic carbocycles. The zero-order valence-corrected chi connectivity index (χ0v) is 43.3. The van der Waals surface area contributed by atoms with Crippen molar-refractivity contribution in [2.24, 2.45) is 44.8 Å². The van der Waals surface area contributed by atoms with Gasteiger partial charge < -0.3 is 104 Å². The topological polar surface area (TPSA) is 354 Å². The van der Waals surface area contributed by atoms with E-state index in [0.29, 0.717) is 32.1 Å². The first-order chi connectivity index (χ1) is 34.7. The molecule has 4 saturated heterocycles. The molecule has 9 rings (SSSR count). The van der Waals surface area contributed by atoms with Crippen molar-refractivity contribution in [2.45, 2.75) is 229 Å². The monoisotopic (exact) mass is 1060 g/mol. The summed E-state index contributed by atoms with van der Waals surface area (Å²) in [6.07, 6.45) is -23.9. The van der Waals surface area contributed by atoms with E-state index in [2.05, 4.69) is 40.7 Å². The number of fused-ring (bicyclic) bond motifs is 7. The van der Waals surface area contributed by atoms with Gasteiger partial charge in [-0.15, -0.1) is 0 Å². The molecule has 0 aromatic carbocycles. The third-order valence-corrected chi connectivity index (χ3v) is 20.3. The Balaban J connectivity index is 0.863. The maximum absolute atomic E-state index is 14.9. The van der Waals surface area contributed by atoms with Crippen molar-refractivity contribution in [2.75, 3.05) is 19.8 Å². The van der Waals surface area contributed by atoms with E-state index >= 15 is 0 Å². The van der Waals surface area contributed by atoms with Crippen molar-refractivity contribution >= 4 is 5.97 Å². The summed E-state index contributed by atoms with van der Waals surface area (Å²) in [5, 5.41) is 141. The summed E-state index contributed by atoms with van der Waals surface area (Å²) in [5.41, 5.74) is 0.0438. The molecule has 0 unspecified atom stereocenters. The van der Waals surface area contributed by atoms with Crippen LogP contribution >= 0.6 is 0 Å². The average Bonchev–Trinajstić information content (AvgIpc) is 3.35. The van der Waals surface area contributed by atoms with E-state index in [1.165, 1.54) is 12.5 Å². The molecule has 13 N–H and O–H groups in total. The fourth-order valence-electron chi connectivity index (χ4n) is 15.6. The summed E-state index contributed by atoms with van der Waals surface area (Å²) in [6.45, 7) is 12.7. The Bertz CT molecular complexity index is 2090. The van der Waals surface area contributed by atoms with Crippen LogP contribution in [0.1, 0.15) is 99.8 Å². The molecular weight excluding hydrogens is 977 g/mol. The van der Waals surface area contributed by atoms with Gasteiger partial charge in [0.15, 0.2) is 18.9 Å². The molecule has 0 bridgehead atoms. The number of carbonyl (C=O) groups excluding carboxylic acids is 1. The van der Waals surface area contributed by atoms with Crippen LogP contribution in [0.5, 0.6) is 0 Å². The van der Waals surface area contributed by atoms with Crippen LogP contribution in [0.2, 0.25) is 0 Å². The van der Waals surface area contributed by atoms with Crippen LogP contribution in [0.25, 0.3) is 0 Å². The molecule has 9 aliphatic rings. The van der Waals surface area contributed by atoms with Crippen molar-refractivity contribution in [1.29, 1.82) is 0 Å². The molecule has 22 heteroatoms. The number of aliphatic hydroxyl groups excluding tert-OH is 13. The van der Waals surface area contributed by atoms with E-state index in [1.54, 1.807) is 0 Å². The SMILES string of the molecule is CC1=CC[C@]2(C(=O)O[C@@H]3O[C@H](CO[C@@H]4O[C@H](CO)[C@@H](O[C@@H]5O[C@@H](C)[C@H](O)[C@@H](O[C@@H]6OC[C@@H](O)[C@H](O)[C@H]6O)[C@H]5O)[C@H](O)[C@H]4O)[C@@H](O)[C@H](O)[C@H]3O)CC[C@]3(C)C(=CC[C@@H]4[C@@]5(C)C[C@@H](O)[C@H](O)C(C)(C)[C@@H]5CC[C@]43C)[C@@H]2C1. The van der Waals surface area contributed by atoms with Crippen LogP contribution < -0.4 is 0 Å². The molecule has 0 aromatic rings. The van der Waals surface area contributed by atoms with E-state index in [1.807, 2.05) is 13.0 Å². The summed E-state index contributed by atoms with van der Waals surface area (Å²) in [6, 6.07) is 0. The number of allylic oxidation sites excluding steroid dienone is 4. The van der Waals surface area contributed by atoms with Gasteiger partial charge in [0.05, 0.1) is 43.5 Å². The van der Waals surface area contributed by atoms with Gasteiger partial charge in [0.25, 0.3) is 0 Å². The predicted molar refractivity (Wildman–Crippen MR) is 252 cm³/mol. The van der Waals surface area contributed by atoms with Gasteiger partial charge in [-0.2, -0.15) is 0 Å². The van der Waals surface area contributed by atoms with Crippen LogP contribution in [0.15, 0.2) is 23.3 Å². The molecule has 0 radical (unpaired) electrons. The molecular formula is C52H82O22. The Morgan fingerprint density at radius 1 is 0.676 bits per heavy atom. The summed E-state index contributed by atoms with van der Waals surface area (Å²) >= 11 is 0. The number of carbonyl (C=O) groups is 1. The lowest BCUT2D eigenvalue weighted by molar-refractivity contribution is -0.375. The first kappa shape index (κ1) is 56.9. The predicted octanol–water partition coefficient (Wildman–Crippen LogP) is -1.87. The van der Waals surface area contributed by atoms with Crippen molar-refractivity contribution < 1.29 is 109 Å². The molecule has 422 valence electrons. The summed E-state index contributed by atoms with van der Waals surface area (Å²) < 4.78 is 46.1. The van der Waals surface area contributed by atoms with Crippen molar-refractivity contribution in [3.05, 3.63) is 23.3 Å². The van der Waals surface area contributed by atoms with Gasteiger partial charge in [0.1, 0.15) is 85.5 Å². The zero-order chi connectivity index (χ0) is 53.9. The fraction of sp³-hybridized carbons (Fsp3) is 0.904. The second kappa shape index (κ2) is 20.7. The Morgan fingerprint density at radius 2 is 1.34 bits per heavy atom. The van der Waals surface area contributed by atoms with Crippen molar-refractivity contribution in [3.63, 3.8) is 0 Å². The van der Waals surface area contributed by atoms with Gasteiger partial charge >= 0.3 is 5.97 Å². The molecule has 3 saturated carbocycles. The molecule has 4 aliphatic heterocycles. The number of rotatable bonds is 10. The van der Waals surface area contributed by atoms with Crippen LogP contribution in [0.3, 0.4) is 0 Å². The standard InChI is InChI=1S/C52H82O22/c1-21-10-13-52(15-14-50(6)23(24(52)16-21)8-9-30-49(5)17-25(54)42(65)48(3,4)29(49)11-12-51(30,50)7)47(66)74-45-37(62)34(59)33(58)28(71-45)20-68-43-38(63)35(60)40(27(18-53)70-43)72-46-39(64)41(31(56)22(2)69-46)73-44-36(61)32(57)26(55)19-67-44/h8,10,22,24-46,53-65H,9,11-20H2,1-7H3/t22-,24-,25+,26+,27+,28+,29-,30+,31-,32-,33+,34-,35+,36+,37+,38+,39+,40+,41+,42-,43+,44-,45-,46-,49-,50+,51+,52-/m0/s1. The first-order valence-corrected chi connectivity index (χ1v) is 26.5. The van der Waals surface area contributed by atoms with Gasteiger partial charge in [-0.1, -0.05) is 57.9 Å². The molecule has 0 amide bonds. The fourth-order valence-corrected chi connectivity index (χ4v) is 15.6. The first-order valence-electron chi connectivity index (χ1n) is 26.5. The zero-order valence-electron chi connectivity index (χ0n) is 43.3.